The molecule has 444 valence electrons. The maximum atomic E-state index is 12.9. The van der Waals surface area contributed by atoms with Gasteiger partial charge in [-0.3, -0.25) is 14.4 Å². The molecule has 0 bridgehead atoms. The van der Waals surface area contributed by atoms with Gasteiger partial charge in [-0.05, 0) is 116 Å². The minimum absolute atomic E-state index is 0.0864. The van der Waals surface area contributed by atoms with E-state index in [-0.39, 0.29) is 31.1 Å². The second kappa shape index (κ2) is 65.3. The highest BCUT2D eigenvalue weighted by atomic mass is 16.6. The second-order valence-electron chi connectivity index (χ2n) is 21.3. The minimum atomic E-state index is -0.791. The zero-order chi connectivity index (χ0) is 56.4. The molecule has 0 heterocycles. The lowest BCUT2D eigenvalue weighted by molar-refractivity contribution is -0.167. The number of unbranched alkanes of at least 4 members (excludes halogenated alkanes) is 27. The first-order valence-corrected chi connectivity index (χ1v) is 32.5. The molecule has 6 heteroatoms. The Morgan fingerprint density at radius 1 is 0.269 bits per heavy atom. The van der Waals surface area contributed by atoms with E-state index in [0.29, 0.717) is 19.3 Å². The fourth-order valence-electron chi connectivity index (χ4n) is 8.84. The maximum Gasteiger partial charge on any atom is 0.306 e. The number of carbonyl (C=O) groups is 3. The Morgan fingerprint density at radius 3 is 0.795 bits per heavy atom. The smallest absolute Gasteiger partial charge is 0.306 e. The van der Waals surface area contributed by atoms with Gasteiger partial charge in [-0.15, -0.1) is 0 Å². The molecule has 0 saturated carbocycles. The Labute approximate surface area is 482 Å². The molecule has 0 rings (SSSR count). The van der Waals surface area contributed by atoms with Gasteiger partial charge in [-0.1, -0.05) is 284 Å². The third kappa shape index (κ3) is 62.7. The predicted octanol–water partition coefficient (Wildman–Crippen LogP) is 22.4. The molecule has 0 aliphatic heterocycles. The number of esters is 3. The van der Waals surface area contributed by atoms with Crippen LogP contribution in [0, 0.1) is 0 Å². The van der Waals surface area contributed by atoms with Crippen molar-refractivity contribution in [1.82, 2.24) is 0 Å². The summed E-state index contributed by atoms with van der Waals surface area (Å²) in [6, 6.07) is 0. The van der Waals surface area contributed by atoms with Gasteiger partial charge in [-0.2, -0.15) is 0 Å². The van der Waals surface area contributed by atoms with E-state index in [1.54, 1.807) is 0 Å². The van der Waals surface area contributed by atoms with E-state index in [9.17, 15) is 14.4 Å². The van der Waals surface area contributed by atoms with Crippen LogP contribution in [0.2, 0.25) is 0 Å². The molecule has 0 spiro atoms. The first kappa shape index (κ1) is 73.8. The molecule has 0 saturated heterocycles. The summed E-state index contributed by atoms with van der Waals surface area (Å²) in [6.45, 7) is 6.51. The van der Waals surface area contributed by atoms with Crippen molar-refractivity contribution in [2.24, 2.45) is 0 Å². The highest BCUT2D eigenvalue weighted by Crippen LogP contribution is 2.15. The maximum absolute atomic E-state index is 12.9. The van der Waals surface area contributed by atoms with Crippen LogP contribution < -0.4 is 0 Å². The molecule has 1 unspecified atom stereocenters. The average molecular weight is 1080 g/mol. The normalized spacial score (nSPS) is 12.9. The van der Waals surface area contributed by atoms with E-state index in [4.69, 9.17) is 14.2 Å². The largest absolute Gasteiger partial charge is 0.462 e. The molecule has 0 radical (unpaired) electrons. The number of allylic oxidation sites excluding steroid dienone is 20. The van der Waals surface area contributed by atoms with Crippen LogP contribution in [-0.4, -0.2) is 37.2 Å². The van der Waals surface area contributed by atoms with Gasteiger partial charge in [0, 0.05) is 19.3 Å². The van der Waals surface area contributed by atoms with Gasteiger partial charge in [-0.25, -0.2) is 0 Å². The van der Waals surface area contributed by atoms with Gasteiger partial charge in [0.05, 0.1) is 0 Å². The molecule has 6 nitrogen and oxygen atoms in total. The monoisotopic (exact) mass is 1080 g/mol. The fraction of sp³-hybridized carbons (Fsp3) is 0.681. The Kier molecular flexibility index (Phi) is 61.8. The Hall–Kier alpha value is -4.19. The van der Waals surface area contributed by atoms with E-state index in [1.807, 2.05) is 0 Å². The lowest BCUT2D eigenvalue weighted by Crippen LogP contribution is -2.30. The third-order valence-corrected chi connectivity index (χ3v) is 13.7. The zero-order valence-corrected chi connectivity index (χ0v) is 50.9. The SMILES string of the molecule is CC/C=C\C/C=C\C/C=C\C/C=C\C/C=C\C/C=C\C/C=C\C/C=C\C/C=C\CCCCCCCC(=O)OCC(COC(=O)CCCCCCCCCCCCCCC)OC(=O)CCCCCCC/C=C\CCCCCCC. The minimum Gasteiger partial charge on any atom is -0.462 e. The van der Waals surface area contributed by atoms with E-state index < -0.39 is 6.10 Å². The highest BCUT2D eigenvalue weighted by molar-refractivity contribution is 5.71. The standard InChI is InChI=1S/C72H120O6/c1-4-7-10-13-16-19-22-25-27-28-29-30-31-32-33-34-35-36-37-38-39-40-41-42-43-44-45-48-50-53-56-59-62-65-71(74)77-68-69(67-76-70(73)64-61-58-55-52-49-46-24-21-18-15-12-9-6-3)78-72(75)66-63-60-57-54-51-47-26-23-20-17-14-11-8-5-2/h7,10,16,19,23,25-27,29-30,32-33,35-36,38-39,41-42,44-45,69H,4-6,8-9,11-15,17-18,20-22,24,28,31,34,37,40,43,46-68H2,1-3H3/b10-7-,19-16-,26-23-,27-25-,30-29-,33-32-,36-35-,39-38-,42-41-,45-44-. The van der Waals surface area contributed by atoms with Crippen LogP contribution in [0.25, 0.3) is 0 Å². The second-order valence-corrected chi connectivity index (χ2v) is 21.3. The van der Waals surface area contributed by atoms with Crippen LogP contribution in [0.3, 0.4) is 0 Å². The van der Waals surface area contributed by atoms with E-state index in [1.165, 1.54) is 109 Å². The molecule has 78 heavy (non-hydrogen) atoms. The van der Waals surface area contributed by atoms with Crippen molar-refractivity contribution >= 4 is 17.9 Å². The van der Waals surface area contributed by atoms with Gasteiger partial charge >= 0.3 is 17.9 Å². The number of carbonyl (C=O) groups excluding carboxylic acids is 3. The molecule has 0 amide bonds. The van der Waals surface area contributed by atoms with Crippen LogP contribution in [-0.2, 0) is 28.6 Å². The van der Waals surface area contributed by atoms with Gasteiger partial charge in [0.1, 0.15) is 13.2 Å². The lowest BCUT2D eigenvalue weighted by atomic mass is 10.0. The molecule has 0 aliphatic carbocycles. The van der Waals surface area contributed by atoms with Crippen molar-refractivity contribution in [2.75, 3.05) is 13.2 Å². The van der Waals surface area contributed by atoms with Crippen molar-refractivity contribution < 1.29 is 28.6 Å². The Balaban J connectivity index is 4.30. The first-order chi connectivity index (χ1) is 38.5. The van der Waals surface area contributed by atoms with Crippen LogP contribution in [0.15, 0.2) is 122 Å². The molecule has 0 fully saturated rings. The van der Waals surface area contributed by atoms with Gasteiger partial charge in [0.25, 0.3) is 0 Å². The van der Waals surface area contributed by atoms with Crippen LogP contribution in [0.4, 0.5) is 0 Å². The van der Waals surface area contributed by atoms with E-state index in [0.717, 1.165) is 148 Å². The van der Waals surface area contributed by atoms with Crippen molar-refractivity contribution in [3.8, 4) is 0 Å². The quantitative estimate of drug-likeness (QED) is 0.0261. The van der Waals surface area contributed by atoms with Gasteiger partial charge in [0.15, 0.2) is 6.10 Å². The highest BCUT2D eigenvalue weighted by Gasteiger charge is 2.19. The Bertz CT molecular complexity index is 1620. The lowest BCUT2D eigenvalue weighted by Gasteiger charge is -2.18. The summed E-state index contributed by atoms with van der Waals surface area (Å²) in [6.07, 6.45) is 90.6. The molecule has 1 atom stereocenters. The molecule has 0 N–H and O–H groups in total. The predicted molar refractivity (Wildman–Crippen MR) is 339 cm³/mol. The molecule has 0 aromatic carbocycles. The van der Waals surface area contributed by atoms with Crippen molar-refractivity contribution in [3.63, 3.8) is 0 Å². The first-order valence-electron chi connectivity index (χ1n) is 32.5. The number of ether oxygens (including phenoxy) is 3. The van der Waals surface area contributed by atoms with E-state index in [2.05, 4.69) is 142 Å². The summed E-state index contributed by atoms with van der Waals surface area (Å²) >= 11 is 0. The van der Waals surface area contributed by atoms with Crippen LogP contribution >= 0.6 is 0 Å². The van der Waals surface area contributed by atoms with Crippen LogP contribution in [0.1, 0.15) is 297 Å². The molecular formula is C72H120O6. The summed E-state index contributed by atoms with van der Waals surface area (Å²) in [5.74, 6) is -0.909. The molecular weight excluding hydrogens is 961 g/mol. The van der Waals surface area contributed by atoms with Crippen molar-refractivity contribution in [1.29, 1.82) is 0 Å². The van der Waals surface area contributed by atoms with Crippen LogP contribution in [0.5, 0.6) is 0 Å². The third-order valence-electron chi connectivity index (χ3n) is 13.7. The van der Waals surface area contributed by atoms with Crippen molar-refractivity contribution in [3.05, 3.63) is 122 Å². The number of rotatable bonds is 58. The average Bonchev–Trinajstić information content (AvgIpc) is 3.44. The van der Waals surface area contributed by atoms with Gasteiger partial charge in [0.2, 0.25) is 0 Å². The summed E-state index contributed by atoms with van der Waals surface area (Å²) < 4.78 is 16.9. The summed E-state index contributed by atoms with van der Waals surface area (Å²) in [5.41, 5.74) is 0. The van der Waals surface area contributed by atoms with E-state index >= 15 is 0 Å². The molecule has 0 aliphatic rings. The molecule has 0 aromatic heterocycles. The Morgan fingerprint density at radius 2 is 0.500 bits per heavy atom. The zero-order valence-electron chi connectivity index (χ0n) is 50.9. The topological polar surface area (TPSA) is 78.9 Å². The summed E-state index contributed by atoms with van der Waals surface area (Å²) in [4.78, 5) is 38.2. The summed E-state index contributed by atoms with van der Waals surface area (Å²) in [7, 11) is 0. The van der Waals surface area contributed by atoms with Gasteiger partial charge < -0.3 is 14.2 Å². The molecule has 0 aromatic rings. The number of hydrogen-bond donors (Lipinski definition) is 0. The van der Waals surface area contributed by atoms with Crippen molar-refractivity contribution in [2.45, 2.75) is 303 Å². The summed E-state index contributed by atoms with van der Waals surface area (Å²) in [5, 5.41) is 0. The number of hydrogen-bond acceptors (Lipinski definition) is 6. The fourth-order valence-corrected chi connectivity index (χ4v) is 8.84.